The normalized spacial score (nSPS) is 19.1. The van der Waals surface area contributed by atoms with Crippen LogP contribution >= 0.6 is 0 Å². The van der Waals surface area contributed by atoms with Gasteiger partial charge in [0.15, 0.2) is 11.6 Å². The zero-order chi connectivity index (χ0) is 11.8. The minimum Gasteiger partial charge on any atom is -0.348 e. The molecule has 17 heavy (non-hydrogen) atoms. The molecule has 3 nitrogen and oxygen atoms in total. The maximum atomic E-state index is 13.7. The number of aromatic amines is 1. The Hall–Kier alpha value is -1.75. The van der Waals surface area contributed by atoms with E-state index in [0.29, 0.717) is 5.56 Å². The Morgan fingerprint density at radius 1 is 1.29 bits per heavy atom. The molecule has 0 saturated heterocycles. The number of aromatic nitrogens is 2. The molecule has 0 radical (unpaired) electrons. The van der Waals surface area contributed by atoms with Crippen molar-refractivity contribution in [3.63, 3.8) is 0 Å². The number of rotatable bonds is 1. The summed E-state index contributed by atoms with van der Waals surface area (Å²) < 4.78 is 26.9. The van der Waals surface area contributed by atoms with Crippen LogP contribution in [0.4, 0.5) is 8.78 Å². The fourth-order valence-electron chi connectivity index (χ4n) is 2.22. The average molecular weight is 235 g/mol. The lowest BCUT2D eigenvalue weighted by Crippen LogP contribution is -2.31. The zero-order valence-corrected chi connectivity index (χ0v) is 9.00. The van der Waals surface area contributed by atoms with Gasteiger partial charge in [0, 0.05) is 24.2 Å². The number of hydrogen-bond acceptors (Lipinski definition) is 2. The molecule has 0 fully saturated rings. The van der Waals surface area contributed by atoms with Gasteiger partial charge in [0.05, 0.1) is 18.1 Å². The van der Waals surface area contributed by atoms with Crippen molar-refractivity contribution in [2.75, 3.05) is 6.54 Å². The van der Waals surface area contributed by atoms with Gasteiger partial charge < -0.3 is 10.3 Å². The lowest BCUT2D eigenvalue weighted by molar-refractivity contribution is 0.471. The Labute approximate surface area is 96.9 Å². The molecule has 0 saturated carbocycles. The quantitative estimate of drug-likeness (QED) is 0.792. The Morgan fingerprint density at radius 2 is 2.18 bits per heavy atom. The van der Waals surface area contributed by atoms with Crippen LogP contribution in [-0.2, 0) is 6.42 Å². The highest BCUT2D eigenvalue weighted by molar-refractivity contribution is 5.33. The molecule has 5 heteroatoms. The van der Waals surface area contributed by atoms with Gasteiger partial charge >= 0.3 is 0 Å². The molecule has 2 N–H and O–H groups in total. The molecule has 2 aromatic rings. The van der Waals surface area contributed by atoms with E-state index >= 15 is 0 Å². The first-order valence-corrected chi connectivity index (χ1v) is 5.47. The van der Waals surface area contributed by atoms with E-state index in [9.17, 15) is 8.78 Å². The fourth-order valence-corrected chi connectivity index (χ4v) is 2.22. The van der Waals surface area contributed by atoms with E-state index in [-0.39, 0.29) is 6.04 Å². The van der Waals surface area contributed by atoms with Gasteiger partial charge in [-0.15, -0.1) is 0 Å². The molecule has 1 aliphatic rings. The maximum absolute atomic E-state index is 13.7. The second-order valence-electron chi connectivity index (χ2n) is 4.05. The topological polar surface area (TPSA) is 40.7 Å². The van der Waals surface area contributed by atoms with Gasteiger partial charge in [-0.2, -0.15) is 0 Å². The smallest absolute Gasteiger partial charge is 0.163 e. The van der Waals surface area contributed by atoms with Crippen molar-refractivity contribution >= 4 is 0 Å². The number of fused-ring (bicyclic) bond motifs is 1. The summed E-state index contributed by atoms with van der Waals surface area (Å²) in [6.45, 7) is 0.718. The highest BCUT2D eigenvalue weighted by Gasteiger charge is 2.26. The third-order valence-corrected chi connectivity index (χ3v) is 3.04. The van der Waals surface area contributed by atoms with Crippen molar-refractivity contribution in [2.24, 2.45) is 0 Å². The summed E-state index contributed by atoms with van der Waals surface area (Å²) in [5.74, 6) is -1.63. The van der Waals surface area contributed by atoms with E-state index in [1.54, 1.807) is 12.4 Å². The summed E-state index contributed by atoms with van der Waals surface area (Å²) >= 11 is 0. The molecule has 0 bridgehead atoms. The van der Waals surface area contributed by atoms with Gasteiger partial charge in [0.1, 0.15) is 0 Å². The predicted octanol–water partition coefficient (Wildman–Crippen LogP) is 1.92. The molecular weight excluding hydrogens is 224 g/mol. The molecule has 88 valence electrons. The minimum atomic E-state index is -0.827. The van der Waals surface area contributed by atoms with E-state index < -0.39 is 11.6 Å². The average Bonchev–Trinajstić information content (AvgIpc) is 2.81. The summed E-state index contributed by atoms with van der Waals surface area (Å²) in [5.41, 5.74) is 2.04. The van der Waals surface area contributed by atoms with Gasteiger partial charge in [0.25, 0.3) is 0 Å². The number of benzene rings is 1. The molecule has 1 unspecified atom stereocenters. The number of H-pyrrole nitrogens is 1. The number of nitrogens with zero attached hydrogens (tertiary/aromatic N) is 1. The summed E-state index contributed by atoms with van der Waals surface area (Å²) in [5, 5.41) is 3.16. The van der Waals surface area contributed by atoms with Crippen molar-refractivity contribution < 1.29 is 8.78 Å². The number of halogens is 2. The fraction of sp³-hybridized carbons (Fsp3) is 0.250. The van der Waals surface area contributed by atoms with Crippen LogP contribution in [0.15, 0.2) is 24.5 Å². The van der Waals surface area contributed by atoms with Crippen molar-refractivity contribution in [2.45, 2.75) is 12.5 Å². The third kappa shape index (κ3) is 1.63. The largest absolute Gasteiger partial charge is 0.348 e. The van der Waals surface area contributed by atoms with Gasteiger partial charge in [-0.3, -0.25) is 0 Å². The van der Waals surface area contributed by atoms with E-state index in [1.165, 1.54) is 6.07 Å². The Balaban J connectivity index is 2.10. The zero-order valence-electron chi connectivity index (χ0n) is 9.00. The second-order valence-corrected chi connectivity index (χ2v) is 4.05. The molecule has 0 amide bonds. The van der Waals surface area contributed by atoms with E-state index in [4.69, 9.17) is 0 Å². The molecular formula is C12H11F2N3. The monoisotopic (exact) mass is 235 g/mol. The minimum absolute atomic E-state index is 0.304. The van der Waals surface area contributed by atoms with Crippen molar-refractivity contribution in [1.82, 2.24) is 15.3 Å². The number of hydrogen-bond donors (Lipinski definition) is 2. The van der Waals surface area contributed by atoms with Crippen LogP contribution in [0.5, 0.6) is 0 Å². The van der Waals surface area contributed by atoms with Gasteiger partial charge in [-0.1, -0.05) is 12.1 Å². The molecule has 1 aliphatic heterocycles. The molecule has 3 rings (SSSR count). The van der Waals surface area contributed by atoms with E-state index in [0.717, 1.165) is 30.4 Å². The van der Waals surface area contributed by atoms with Crippen LogP contribution in [-0.4, -0.2) is 16.5 Å². The SMILES string of the molecule is Fc1cccc(C2NCCc3[nH]cnc32)c1F. The molecule has 0 aliphatic carbocycles. The highest BCUT2D eigenvalue weighted by atomic mass is 19.2. The summed E-state index contributed by atoms with van der Waals surface area (Å²) in [6, 6.07) is 3.84. The van der Waals surface area contributed by atoms with Crippen LogP contribution < -0.4 is 5.32 Å². The Kier molecular flexibility index (Phi) is 2.40. The number of imidazole rings is 1. The molecule has 0 spiro atoms. The summed E-state index contributed by atoms with van der Waals surface area (Å²) in [6.07, 6.45) is 2.41. The standard InChI is InChI=1S/C12H11F2N3/c13-8-3-1-2-7(10(8)14)11-12-9(4-5-15-11)16-6-17-12/h1-3,6,11,15H,4-5H2,(H,16,17). The Morgan fingerprint density at radius 3 is 3.06 bits per heavy atom. The van der Waals surface area contributed by atoms with Crippen molar-refractivity contribution in [3.05, 3.63) is 53.1 Å². The summed E-state index contributed by atoms with van der Waals surface area (Å²) in [7, 11) is 0. The molecule has 1 aromatic carbocycles. The first-order valence-electron chi connectivity index (χ1n) is 5.47. The predicted molar refractivity (Wildman–Crippen MR) is 58.5 cm³/mol. The summed E-state index contributed by atoms with van der Waals surface area (Å²) in [4.78, 5) is 7.20. The Bertz CT molecular complexity index is 550. The third-order valence-electron chi connectivity index (χ3n) is 3.04. The first kappa shape index (κ1) is 10.4. The van der Waals surface area contributed by atoms with Crippen molar-refractivity contribution in [1.29, 1.82) is 0 Å². The molecule has 2 heterocycles. The van der Waals surface area contributed by atoms with Crippen LogP contribution in [0, 0.1) is 11.6 Å². The number of nitrogens with one attached hydrogen (secondary N) is 2. The van der Waals surface area contributed by atoms with Crippen LogP contribution in [0.3, 0.4) is 0 Å². The van der Waals surface area contributed by atoms with Crippen molar-refractivity contribution in [3.8, 4) is 0 Å². The van der Waals surface area contributed by atoms with Crippen LogP contribution in [0.1, 0.15) is 23.0 Å². The maximum Gasteiger partial charge on any atom is 0.163 e. The lowest BCUT2D eigenvalue weighted by Gasteiger charge is -2.23. The second kappa shape index (κ2) is 3.92. The van der Waals surface area contributed by atoms with Crippen LogP contribution in [0.25, 0.3) is 0 Å². The first-order chi connectivity index (χ1) is 8.27. The van der Waals surface area contributed by atoms with Gasteiger partial charge in [-0.25, -0.2) is 13.8 Å². The van der Waals surface area contributed by atoms with E-state index in [2.05, 4.69) is 15.3 Å². The highest BCUT2D eigenvalue weighted by Crippen LogP contribution is 2.28. The molecule has 1 aromatic heterocycles. The van der Waals surface area contributed by atoms with Crippen LogP contribution in [0.2, 0.25) is 0 Å². The lowest BCUT2D eigenvalue weighted by atomic mass is 9.97. The molecule has 1 atom stereocenters. The van der Waals surface area contributed by atoms with Gasteiger partial charge in [0.2, 0.25) is 0 Å². The van der Waals surface area contributed by atoms with E-state index in [1.807, 2.05) is 0 Å². The van der Waals surface area contributed by atoms with Gasteiger partial charge in [-0.05, 0) is 6.07 Å².